The number of rotatable bonds is 4. The van der Waals surface area contributed by atoms with E-state index >= 15 is 0 Å². The summed E-state index contributed by atoms with van der Waals surface area (Å²) >= 11 is 7.59. The highest BCUT2D eigenvalue weighted by atomic mass is 35.5. The zero-order valence-electron chi connectivity index (χ0n) is 13.4. The van der Waals surface area contributed by atoms with Gasteiger partial charge in [0.25, 0.3) is 5.91 Å². The standard InChI is InChI=1S/C17H17ClN2O3S/c1-9(21)19-17-15(11-4-3-5-14(11)24-17)16(22)20-10-6-7-13(23-2)12(18)8-10/h6-8H,3-5H2,1-2H3,(H,19,21)(H,20,22). The van der Waals surface area contributed by atoms with Gasteiger partial charge in [0, 0.05) is 17.5 Å². The van der Waals surface area contributed by atoms with E-state index in [1.807, 2.05) is 0 Å². The molecule has 3 rings (SSSR count). The van der Waals surface area contributed by atoms with E-state index in [-0.39, 0.29) is 11.8 Å². The fourth-order valence-corrected chi connectivity index (χ4v) is 4.42. The van der Waals surface area contributed by atoms with E-state index in [0.29, 0.717) is 27.0 Å². The maximum atomic E-state index is 12.8. The topological polar surface area (TPSA) is 67.4 Å². The Morgan fingerprint density at radius 1 is 1.25 bits per heavy atom. The Morgan fingerprint density at radius 3 is 2.71 bits per heavy atom. The molecule has 1 heterocycles. The predicted molar refractivity (Wildman–Crippen MR) is 96.6 cm³/mol. The number of methoxy groups -OCH3 is 1. The van der Waals surface area contributed by atoms with Crippen LogP contribution in [-0.2, 0) is 17.6 Å². The third-order valence-corrected chi connectivity index (χ3v) is 5.35. The van der Waals surface area contributed by atoms with E-state index in [0.717, 1.165) is 24.8 Å². The van der Waals surface area contributed by atoms with Gasteiger partial charge in [-0.3, -0.25) is 9.59 Å². The number of carbonyl (C=O) groups is 2. The lowest BCUT2D eigenvalue weighted by atomic mass is 10.1. The lowest BCUT2D eigenvalue weighted by Gasteiger charge is -2.10. The molecule has 0 aliphatic heterocycles. The summed E-state index contributed by atoms with van der Waals surface area (Å²) in [7, 11) is 1.54. The first kappa shape index (κ1) is 16.8. The Morgan fingerprint density at radius 2 is 2.04 bits per heavy atom. The van der Waals surface area contributed by atoms with E-state index in [4.69, 9.17) is 16.3 Å². The molecule has 0 saturated carbocycles. The van der Waals surface area contributed by atoms with Crippen molar-refractivity contribution in [3.63, 3.8) is 0 Å². The van der Waals surface area contributed by atoms with Crippen LogP contribution in [0.3, 0.4) is 0 Å². The summed E-state index contributed by atoms with van der Waals surface area (Å²) in [5.41, 5.74) is 2.19. The molecule has 0 atom stereocenters. The summed E-state index contributed by atoms with van der Waals surface area (Å²) in [6.45, 7) is 1.44. The molecular formula is C17H17ClN2O3S. The van der Waals surface area contributed by atoms with Crippen LogP contribution in [0.25, 0.3) is 0 Å². The molecule has 24 heavy (non-hydrogen) atoms. The van der Waals surface area contributed by atoms with Gasteiger partial charge in [0.2, 0.25) is 5.91 Å². The van der Waals surface area contributed by atoms with Gasteiger partial charge in [0.05, 0.1) is 17.7 Å². The van der Waals surface area contributed by atoms with Crippen LogP contribution < -0.4 is 15.4 Å². The van der Waals surface area contributed by atoms with Gasteiger partial charge in [0.1, 0.15) is 10.8 Å². The largest absolute Gasteiger partial charge is 0.495 e. The molecule has 0 spiro atoms. The highest BCUT2D eigenvalue weighted by molar-refractivity contribution is 7.17. The number of aryl methyl sites for hydroxylation is 1. The fourth-order valence-electron chi connectivity index (χ4n) is 2.83. The Bertz CT molecular complexity index is 816. The van der Waals surface area contributed by atoms with Crippen molar-refractivity contribution < 1.29 is 14.3 Å². The van der Waals surface area contributed by atoms with Crippen LogP contribution >= 0.6 is 22.9 Å². The number of amides is 2. The van der Waals surface area contributed by atoms with Crippen molar-refractivity contribution in [3.05, 3.63) is 39.2 Å². The van der Waals surface area contributed by atoms with E-state index in [1.165, 1.54) is 30.2 Å². The third kappa shape index (κ3) is 3.25. The Kier molecular flexibility index (Phi) is 4.78. The zero-order valence-corrected chi connectivity index (χ0v) is 14.9. The predicted octanol–water partition coefficient (Wildman–Crippen LogP) is 4.11. The zero-order chi connectivity index (χ0) is 17.3. The van der Waals surface area contributed by atoms with Gasteiger partial charge in [-0.2, -0.15) is 0 Å². The number of thiophene rings is 1. The number of benzene rings is 1. The summed E-state index contributed by atoms with van der Waals surface area (Å²) in [5, 5.41) is 6.67. The normalized spacial score (nSPS) is 12.6. The van der Waals surface area contributed by atoms with Crippen LogP contribution in [0, 0.1) is 0 Å². The van der Waals surface area contributed by atoms with E-state index in [9.17, 15) is 9.59 Å². The van der Waals surface area contributed by atoms with Gasteiger partial charge in [0.15, 0.2) is 0 Å². The van der Waals surface area contributed by atoms with Crippen LogP contribution in [0.1, 0.15) is 34.1 Å². The second kappa shape index (κ2) is 6.83. The molecule has 2 aromatic rings. The number of hydrogen-bond donors (Lipinski definition) is 2. The van der Waals surface area contributed by atoms with Crippen LogP contribution in [-0.4, -0.2) is 18.9 Å². The van der Waals surface area contributed by atoms with Crippen molar-refractivity contribution in [3.8, 4) is 5.75 Å². The molecule has 2 amide bonds. The molecule has 0 bridgehead atoms. The lowest BCUT2D eigenvalue weighted by molar-refractivity contribution is -0.114. The Labute approximate surface area is 149 Å². The summed E-state index contributed by atoms with van der Waals surface area (Å²) < 4.78 is 5.11. The molecule has 0 saturated heterocycles. The Hall–Kier alpha value is -2.05. The molecule has 1 aliphatic carbocycles. The van der Waals surface area contributed by atoms with Crippen LogP contribution in [0.15, 0.2) is 18.2 Å². The molecule has 0 fully saturated rings. The highest BCUT2D eigenvalue weighted by Gasteiger charge is 2.27. The monoisotopic (exact) mass is 364 g/mol. The quantitative estimate of drug-likeness (QED) is 0.857. The number of fused-ring (bicyclic) bond motifs is 1. The SMILES string of the molecule is COc1ccc(NC(=O)c2c(NC(C)=O)sc3c2CCC3)cc1Cl. The highest BCUT2D eigenvalue weighted by Crippen LogP contribution is 2.39. The minimum absolute atomic E-state index is 0.184. The average molecular weight is 365 g/mol. The van der Waals surface area contributed by atoms with Crippen LogP contribution in [0.2, 0.25) is 5.02 Å². The van der Waals surface area contributed by atoms with Gasteiger partial charge in [-0.15, -0.1) is 11.3 Å². The van der Waals surface area contributed by atoms with E-state index < -0.39 is 0 Å². The fraction of sp³-hybridized carbons (Fsp3) is 0.294. The summed E-state index contributed by atoms with van der Waals surface area (Å²) in [5.74, 6) is 0.126. The van der Waals surface area contributed by atoms with E-state index in [2.05, 4.69) is 10.6 Å². The van der Waals surface area contributed by atoms with Crippen molar-refractivity contribution in [2.45, 2.75) is 26.2 Å². The minimum atomic E-state index is -0.237. The molecule has 0 unspecified atom stereocenters. The molecule has 1 aliphatic rings. The number of halogens is 1. The van der Waals surface area contributed by atoms with Gasteiger partial charge < -0.3 is 15.4 Å². The van der Waals surface area contributed by atoms with Crippen LogP contribution in [0.4, 0.5) is 10.7 Å². The summed E-state index contributed by atoms with van der Waals surface area (Å²) in [4.78, 5) is 25.4. The van der Waals surface area contributed by atoms with Crippen molar-refractivity contribution in [1.82, 2.24) is 0 Å². The maximum absolute atomic E-state index is 12.8. The van der Waals surface area contributed by atoms with Crippen molar-refractivity contribution >= 4 is 45.4 Å². The van der Waals surface area contributed by atoms with Crippen molar-refractivity contribution in [2.75, 3.05) is 17.7 Å². The van der Waals surface area contributed by atoms with Crippen molar-refractivity contribution in [2.24, 2.45) is 0 Å². The molecule has 7 heteroatoms. The summed E-state index contributed by atoms with van der Waals surface area (Å²) in [6.07, 6.45) is 2.85. The molecule has 126 valence electrons. The van der Waals surface area contributed by atoms with Gasteiger partial charge in [-0.25, -0.2) is 0 Å². The molecule has 5 nitrogen and oxygen atoms in total. The lowest BCUT2D eigenvalue weighted by Crippen LogP contribution is -2.16. The third-order valence-electron chi connectivity index (χ3n) is 3.85. The first-order chi connectivity index (χ1) is 11.5. The molecule has 2 N–H and O–H groups in total. The summed E-state index contributed by atoms with van der Waals surface area (Å²) in [6, 6.07) is 5.07. The Balaban J connectivity index is 1.89. The number of hydrogen-bond acceptors (Lipinski definition) is 4. The minimum Gasteiger partial charge on any atom is -0.495 e. The number of nitrogens with one attached hydrogen (secondary N) is 2. The smallest absolute Gasteiger partial charge is 0.258 e. The second-order valence-electron chi connectivity index (χ2n) is 5.55. The number of carbonyl (C=O) groups excluding carboxylic acids is 2. The molecule has 1 aromatic heterocycles. The number of anilines is 2. The van der Waals surface area contributed by atoms with Crippen LogP contribution in [0.5, 0.6) is 5.75 Å². The van der Waals surface area contributed by atoms with Gasteiger partial charge in [-0.05, 0) is 43.0 Å². The van der Waals surface area contributed by atoms with Gasteiger partial charge in [-0.1, -0.05) is 11.6 Å². The van der Waals surface area contributed by atoms with Crippen molar-refractivity contribution in [1.29, 1.82) is 0 Å². The molecular weight excluding hydrogens is 348 g/mol. The first-order valence-electron chi connectivity index (χ1n) is 7.56. The van der Waals surface area contributed by atoms with Gasteiger partial charge >= 0.3 is 0 Å². The maximum Gasteiger partial charge on any atom is 0.258 e. The molecule has 0 radical (unpaired) electrons. The van der Waals surface area contributed by atoms with E-state index in [1.54, 1.807) is 18.2 Å². The second-order valence-corrected chi connectivity index (χ2v) is 7.06. The molecule has 1 aromatic carbocycles. The average Bonchev–Trinajstić information content (AvgIpc) is 3.07. The first-order valence-corrected chi connectivity index (χ1v) is 8.76. The number of ether oxygens (including phenoxy) is 1.